The van der Waals surface area contributed by atoms with E-state index in [9.17, 15) is 9.59 Å². The molecule has 102 valence electrons. The minimum Gasteiger partial charge on any atom is -0.481 e. The topological polar surface area (TPSA) is 66.4 Å². The smallest absolute Gasteiger partial charge is 0.308 e. The van der Waals surface area contributed by atoms with Gasteiger partial charge in [0, 0.05) is 18.9 Å². The van der Waals surface area contributed by atoms with E-state index in [1.807, 2.05) is 30.3 Å². The number of benzene rings is 1. The number of carbonyl (C=O) groups excluding carboxylic acids is 1. The Morgan fingerprint density at radius 2 is 2.00 bits per heavy atom. The molecular formula is C15H19NO3. The Hall–Kier alpha value is -2.10. The highest BCUT2D eigenvalue weighted by atomic mass is 16.4. The van der Waals surface area contributed by atoms with Gasteiger partial charge in [-0.25, -0.2) is 0 Å². The third kappa shape index (κ3) is 4.95. The van der Waals surface area contributed by atoms with Crippen molar-refractivity contribution in [3.8, 4) is 0 Å². The van der Waals surface area contributed by atoms with Crippen molar-refractivity contribution in [1.82, 2.24) is 5.32 Å². The summed E-state index contributed by atoms with van der Waals surface area (Å²) in [7, 11) is 0. The van der Waals surface area contributed by atoms with E-state index in [1.54, 1.807) is 13.0 Å². The van der Waals surface area contributed by atoms with Crippen molar-refractivity contribution >= 4 is 11.9 Å². The predicted molar refractivity (Wildman–Crippen MR) is 73.8 cm³/mol. The van der Waals surface area contributed by atoms with Gasteiger partial charge in [0.15, 0.2) is 0 Å². The van der Waals surface area contributed by atoms with Crippen LogP contribution in [0.15, 0.2) is 43.0 Å². The molecule has 1 aromatic rings. The fourth-order valence-corrected chi connectivity index (χ4v) is 1.66. The highest BCUT2D eigenvalue weighted by Gasteiger charge is 2.15. The van der Waals surface area contributed by atoms with Gasteiger partial charge in [0.05, 0.1) is 5.92 Å². The second kappa shape index (κ2) is 7.36. The van der Waals surface area contributed by atoms with E-state index in [1.165, 1.54) is 0 Å². The second-order valence-electron chi connectivity index (χ2n) is 4.50. The van der Waals surface area contributed by atoms with Crippen LogP contribution >= 0.6 is 0 Å². The Kier molecular flexibility index (Phi) is 5.79. The molecule has 2 unspecified atom stereocenters. The minimum atomic E-state index is -0.913. The van der Waals surface area contributed by atoms with E-state index < -0.39 is 11.9 Å². The molecular weight excluding hydrogens is 242 g/mol. The van der Waals surface area contributed by atoms with Crippen molar-refractivity contribution in [2.45, 2.75) is 19.3 Å². The SMILES string of the molecule is C=CC(CC(=O)NCC(C)C(=O)O)c1ccccc1. The van der Waals surface area contributed by atoms with E-state index in [0.29, 0.717) is 0 Å². The summed E-state index contributed by atoms with van der Waals surface area (Å²) in [6.07, 6.45) is 2.01. The summed E-state index contributed by atoms with van der Waals surface area (Å²) in [5.74, 6) is -1.71. The van der Waals surface area contributed by atoms with Gasteiger partial charge in [-0.2, -0.15) is 0 Å². The fraction of sp³-hybridized carbons (Fsp3) is 0.333. The molecule has 1 amide bonds. The van der Waals surface area contributed by atoms with Crippen molar-refractivity contribution in [3.63, 3.8) is 0 Å². The van der Waals surface area contributed by atoms with Crippen LogP contribution in [0.3, 0.4) is 0 Å². The molecule has 1 aromatic carbocycles. The molecule has 0 spiro atoms. The quantitative estimate of drug-likeness (QED) is 0.739. The maximum Gasteiger partial charge on any atom is 0.308 e. The number of amides is 1. The molecule has 0 bridgehead atoms. The molecule has 0 saturated carbocycles. The van der Waals surface area contributed by atoms with E-state index in [4.69, 9.17) is 5.11 Å². The second-order valence-corrected chi connectivity index (χ2v) is 4.50. The van der Waals surface area contributed by atoms with Crippen LogP contribution in [0.5, 0.6) is 0 Å². The summed E-state index contributed by atoms with van der Waals surface area (Å²) in [5.41, 5.74) is 1.03. The van der Waals surface area contributed by atoms with Crippen LogP contribution < -0.4 is 5.32 Å². The van der Waals surface area contributed by atoms with Crippen LogP contribution in [-0.2, 0) is 9.59 Å². The Bertz CT molecular complexity index is 442. The minimum absolute atomic E-state index is 0.0543. The molecule has 0 heterocycles. The number of carboxylic acids is 1. The number of hydrogen-bond acceptors (Lipinski definition) is 2. The molecule has 1 rings (SSSR count). The monoisotopic (exact) mass is 261 g/mol. The van der Waals surface area contributed by atoms with Crippen molar-refractivity contribution in [1.29, 1.82) is 0 Å². The zero-order chi connectivity index (χ0) is 14.3. The maximum absolute atomic E-state index is 11.8. The first kappa shape index (κ1) is 15.0. The van der Waals surface area contributed by atoms with E-state index >= 15 is 0 Å². The van der Waals surface area contributed by atoms with Crippen molar-refractivity contribution in [2.75, 3.05) is 6.54 Å². The van der Waals surface area contributed by atoms with Gasteiger partial charge >= 0.3 is 5.97 Å². The number of aliphatic carboxylic acids is 1. The van der Waals surface area contributed by atoms with E-state index in [-0.39, 0.29) is 24.8 Å². The third-order valence-electron chi connectivity index (χ3n) is 2.94. The normalized spacial score (nSPS) is 13.3. The summed E-state index contributed by atoms with van der Waals surface area (Å²) in [4.78, 5) is 22.4. The van der Waals surface area contributed by atoms with E-state index in [2.05, 4.69) is 11.9 Å². The first-order chi connectivity index (χ1) is 9.04. The van der Waals surface area contributed by atoms with Crippen LogP contribution in [-0.4, -0.2) is 23.5 Å². The molecule has 0 fully saturated rings. The fourth-order valence-electron chi connectivity index (χ4n) is 1.66. The number of carboxylic acid groups (broad SMARTS) is 1. The molecule has 0 radical (unpaired) electrons. The average Bonchev–Trinajstić information content (AvgIpc) is 2.42. The number of allylic oxidation sites excluding steroid dienone is 1. The lowest BCUT2D eigenvalue weighted by Crippen LogP contribution is -2.32. The van der Waals surface area contributed by atoms with Gasteiger partial charge < -0.3 is 10.4 Å². The number of nitrogens with one attached hydrogen (secondary N) is 1. The van der Waals surface area contributed by atoms with E-state index in [0.717, 1.165) is 5.56 Å². The van der Waals surface area contributed by atoms with Gasteiger partial charge in [-0.3, -0.25) is 9.59 Å². The zero-order valence-corrected chi connectivity index (χ0v) is 11.0. The molecule has 2 N–H and O–H groups in total. The summed E-state index contributed by atoms with van der Waals surface area (Å²) >= 11 is 0. The molecule has 4 heteroatoms. The first-order valence-corrected chi connectivity index (χ1v) is 6.21. The number of carbonyl (C=O) groups is 2. The van der Waals surface area contributed by atoms with Gasteiger partial charge in [0.25, 0.3) is 0 Å². The lowest BCUT2D eigenvalue weighted by Gasteiger charge is -2.14. The molecule has 0 aliphatic heterocycles. The van der Waals surface area contributed by atoms with Crippen LogP contribution in [0.4, 0.5) is 0 Å². The third-order valence-corrected chi connectivity index (χ3v) is 2.94. The Morgan fingerprint density at radius 3 is 2.53 bits per heavy atom. The summed E-state index contributed by atoms with van der Waals surface area (Å²) in [6, 6.07) is 9.63. The van der Waals surface area contributed by atoms with Crippen LogP contribution in [0.1, 0.15) is 24.8 Å². The predicted octanol–water partition coefficient (Wildman–Crippen LogP) is 2.18. The zero-order valence-electron chi connectivity index (χ0n) is 11.0. The largest absolute Gasteiger partial charge is 0.481 e. The molecule has 2 atom stereocenters. The molecule has 0 aliphatic rings. The van der Waals surface area contributed by atoms with Crippen molar-refractivity contribution in [3.05, 3.63) is 48.6 Å². The summed E-state index contributed by atoms with van der Waals surface area (Å²) in [6.45, 7) is 5.45. The van der Waals surface area contributed by atoms with Gasteiger partial charge in [-0.1, -0.05) is 43.3 Å². The van der Waals surface area contributed by atoms with Crippen LogP contribution in [0.2, 0.25) is 0 Å². The average molecular weight is 261 g/mol. The highest BCUT2D eigenvalue weighted by Crippen LogP contribution is 2.20. The first-order valence-electron chi connectivity index (χ1n) is 6.21. The van der Waals surface area contributed by atoms with Crippen LogP contribution in [0, 0.1) is 5.92 Å². The van der Waals surface area contributed by atoms with Crippen molar-refractivity contribution in [2.24, 2.45) is 5.92 Å². The van der Waals surface area contributed by atoms with Gasteiger partial charge in [-0.05, 0) is 5.56 Å². The molecule has 0 aliphatic carbocycles. The Labute approximate surface area is 113 Å². The Balaban J connectivity index is 2.51. The molecule has 0 aromatic heterocycles. The molecule has 19 heavy (non-hydrogen) atoms. The summed E-state index contributed by atoms with van der Waals surface area (Å²) in [5, 5.41) is 11.4. The standard InChI is InChI=1S/C15H19NO3/c1-3-12(13-7-5-4-6-8-13)9-14(17)16-10-11(2)15(18)19/h3-8,11-12H,1,9-10H2,2H3,(H,16,17)(H,18,19). The lowest BCUT2D eigenvalue weighted by atomic mass is 9.95. The number of rotatable bonds is 7. The van der Waals surface area contributed by atoms with Gasteiger partial charge in [-0.15, -0.1) is 6.58 Å². The molecule has 4 nitrogen and oxygen atoms in total. The molecule has 0 saturated heterocycles. The van der Waals surface area contributed by atoms with Crippen molar-refractivity contribution < 1.29 is 14.7 Å². The van der Waals surface area contributed by atoms with Gasteiger partial charge in [0.2, 0.25) is 5.91 Å². The summed E-state index contributed by atoms with van der Waals surface area (Å²) < 4.78 is 0. The lowest BCUT2D eigenvalue weighted by molar-refractivity contribution is -0.141. The van der Waals surface area contributed by atoms with Gasteiger partial charge in [0.1, 0.15) is 0 Å². The van der Waals surface area contributed by atoms with Crippen LogP contribution in [0.25, 0.3) is 0 Å². The Morgan fingerprint density at radius 1 is 1.37 bits per heavy atom. The highest BCUT2D eigenvalue weighted by molar-refractivity contribution is 5.78. The maximum atomic E-state index is 11.8. The number of hydrogen-bond donors (Lipinski definition) is 2.